The summed E-state index contributed by atoms with van der Waals surface area (Å²) in [4.78, 5) is 17.3. The molecule has 0 atom stereocenters. The molecule has 0 saturated carbocycles. The van der Waals surface area contributed by atoms with Gasteiger partial charge in [-0.1, -0.05) is 54.1 Å². The van der Waals surface area contributed by atoms with Crippen LogP contribution in [-0.4, -0.2) is 28.6 Å². The van der Waals surface area contributed by atoms with Gasteiger partial charge in [0, 0.05) is 25.1 Å². The van der Waals surface area contributed by atoms with Crippen LogP contribution in [0, 0.1) is 6.92 Å². The van der Waals surface area contributed by atoms with Crippen molar-refractivity contribution in [2.24, 2.45) is 0 Å². The minimum atomic E-state index is -0.0230. The number of amides is 1. The van der Waals surface area contributed by atoms with Gasteiger partial charge in [-0.2, -0.15) is 0 Å². The van der Waals surface area contributed by atoms with E-state index in [-0.39, 0.29) is 5.91 Å². The molecule has 0 unspecified atom stereocenters. The van der Waals surface area contributed by atoms with Gasteiger partial charge in [-0.15, -0.1) is 0 Å². The van der Waals surface area contributed by atoms with Crippen molar-refractivity contribution in [1.82, 2.24) is 14.9 Å². The molecular formula is C28H30ClN3O2. The highest BCUT2D eigenvalue weighted by Crippen LogP contribution is 2.23. The summed E-state index contributed by atoms with van der Waals surface area (Å²) in [5.74, 6) is 1.76. The van der Waals surface area contributed by atoms with Crippen molar-refractivity contribution in [3.05, 3.63) is 94.8 Å². The van der Waals surface area contributed by atoms with Crippen LogP contribution >= 0.6 is 11.6 Å². The quantitative estimate of drug-likeness (QED) is 0.262. The summed E-state index contributed by atoms with van der Waals surface area (Å²) in [5.41, 5.74) is 3.87. The van der Waals surface area contributed by atoms with E-state index in [9.17, 15) is 4.79 Å². The van der Waals surface area contributed by atoms with Crippen LogP contribution in [0.2, 0.25) is 5.02 Å². The maximum atomic E-state index is 12.5. The second-order valence-electron chi connectivity index (χ2n) is 8.33. The topological polar surface area (TPSA) is 56.2 Å². The summed E-state index contributed by atoms with van der Waals surface area (Å²) in [6.45, 7) is 4.06. The van der Waals surface area contributed by atoms with Gasteiger partial charge in [0.15, 0.2) is 0 Å². The molecule has 3 aromatic carbocycles. The van der Waals surface area contributed by atoms with Crippen LogP contribution < -0.4 is 10.1 Å². The number of hydrogen-bond donors (Lipinski definition) is 1. The lowest BCUT2D eigenvalue weighted by Gasteiger charge is -2.11. The van der Waals surface area contributed by atoms with Crippen LogP contribution in [0.5, 0.6) is 5.75 Å². The number of halogens is 1. The number of fused-ring (bicyclic) bond motifs is 1. The predicted octanol–water partition coefficient (Wildman–Crippen LogP) is 6.22. The van der Waals surface area contributed by atoms with Crippen molar-refractivity contribution >= 4 is 28.5 Å². The fourth-order valence-electron chi connectivity index (χ4n) is 4.05. The lowest BCUT2D eigenvalue weighted by atomic mass is 10.1. The number of rotatable bonds is 11. The van der Waals surface area contributed by atoms with E-state index in [1.807, 2.05) is 67.6 Å². The molecule has 0 bridgehead atoms. The summed E-state index contributed by atoms with van der Waals surface area (Å²) in [6.07, 6.45) is 3.53. The van der Waals surface area contributed by atoms with Crippen molar-refractivity contribution in [1.29, 1.82) is 0 Å². The third-order valence-corrected chi connectivity index (χ3v) is 6.17. The number of aromatic nitrogens is 2. The molecule has 0 spiro atoms. The first-order valence-corrected chi connectivity index (χ1v) is 12.2. The number of carbonyl (C=O) groups excluding carboxylic acids is 1. The van der Waals surface area contributed by atoms with Crippen LogP contribution in [-0.2, 0) is 13.0 Å². The van der Waals surface area contributed by atoms with Crippen LogP contribution in [0.1, 0.15) is 41.0 Å². The maximum Gasteiger partial charge on any atom is 0.251 e. The number of nitrogens with one attached hydrogen (secondary N) is 1. The van der Waals surface area contributed by atoms with E-state index in [1.54, 1.807) is 0 Å². The third-order valence-electron chi connectivity index (χ3n) is 5.86. The second-order valence-corrected chi connectivity index (χ2v) is 8.74. The Morgan fingerprint density at radius 3 is 2.59 bits per heavy atom. The average Bonchev–Trinajstić information content (AvgIpc) is 3.20. The number of imidazole rings is 1. The van der Waals surface area contributed by atoms with Gasteiger partial charge in [-0.3, -0.25) is 4.79 Å². The van der Waals surface area contributed by atoms with Gasteiger partial charge < -0.3 is 14.6 Å². The van der Waals surface area contributed by atoms with Gasteiger partial charge in [0.05, 0.1) is 22.7 Å². The van der Waals surface area contributed by atoms with Crippen molar-refractivity contribution < 1.29 is 9.53 Å². The molecule has 0 aliphatic rings. The molecular weight excluding hydrogens is 446 g/mol. The Bertz CT molecular complexity index is 1250. The minimum Gasteiger partial charge on any atom is -0.492 e. The summed E-state index contributed by atoms with van der Waals surface area (Å²) in [6, 6.07) is 23.4. The van der Waals surface area contributed by atoms with Crippen molar-refractivity contribution in [2.75, 3.05) is 13.2 Å². The number of carbonyl (C=O) groups is 1. The Hall–Kier alpha value is -3.31. The van der Waals surface area contributed by atoms with Gasteiger partial charge in [-0.05, 0) is 62.1 Å². The third kappa shape index (κ3) is 5.97. The number of aryl methyl sites for hydroxylation is 3. The normalized spacial score (nSPS) is 11.0. The number of benzene rings is 3. The highest BCUT2D eigenvalue weighted by Gasteiger charge is 2.11. The molecule has 1 amide bonds. The van der Waals surface area contributed by atoms with E-state index in [2.05, 4.69) is 22.0 Å². The zero-order valence-corrected chi connectivity index (χ0v) is 20.2. The van der Waals surface area contributed by atoms with Crippen molar-refractivity contribution in [3.8, 4) is 5.75 Å². The first kappa shape index (κ1) is 23.8. The first-order chi connectivity index (χ1) is 16.6. The molecule has 0 fully saturated rings. The van der Waals surface area contributed by atoms with Crippen molar-refractivity contribution in [3.63, 3.8) is 0 Å². The summed E-state index contributed by atoms with van der Waals surface area (Å²) in [7, 11) is 0. The summed E-state index contributed by atoms with van der Waals surface area (Å²) < 4.78 is 8.12. The molecule has 5 nitrogen and oxygen atoms in total. The Balaban J connectivity index is 1.30. The maximum absolute atomic E-state index is 12.5. The van der Waals surface area contributed by atoms with E-state index in [1.165, 1.54) is 0 Å². The predicted molar refractivity (Wildman–Crippen MR) is 138 cm³/mol. The van der Waals surface area contributed by atoms with Gasteiger partial charge in [0.1, 0.15) is 11.6 Å². The van der Waals surface area contributed by atoms with Gasteiger partial charge >= 0.3 is 0 Å². The average molecular weight is 476 g/mol. The van der Waals surface area contributed by atoms with Gasteiger partial charge in [0.2, 0.25) is 0 Å². The van der Waals surface area contributed by atoms with Gasteiger partial charge in [0.25, 0.3) is 5.91 Å². The second kappa shape index (κ2) is 11.7. The largest absolute Gasteiger partial charge is 0.492 e. The Morgan fingerprint density at radius 2 is 1.74 bits per heavy atom. The van der Waals surface area contributed by atoms with Gasteiger partial charge in [-0.25, -0.2) is 4.98 Å². The Morgan fingerprint density at radius 1 is 0.971 bits per heavy atom. The molecule has 176 valence electrons. The molecule has 0 radical (unpaired) electrons. The van der Waals surface area contributed by atoms with Crippen LogP contribution in [0.15, 0.2) is 72.8 Å². The highest BCUT2D eigenvalue weighted by atomic mass is 35.5. The fourth-order valence-corrected chi connectivity index (χ4v) is 4.24. The van der Waals surface area contributed by atoms with E-state index in [0.29, 0.717) is 18.2 Å². The fraction of sp³-hybridized carbons (Fsp3) is 0.286. The van der Waals surface area contributed by atoms with E-state index < -0.39 is 0 Å². The SMILES string of the molecule is Cc1ccccc1C(=O)NCCCc1nc2ccccc2n1CCCCOc1ccccc1Cl. The van der Waals surface area contributed by atoms with E-state index in [4.69, 9.17) is 21.3 Å². The number of ether oxygens (including phenoxy) is 1. The number of hydrogen-bond acceptors (Lipinski definition) is 3. The summed E-state index contributed by atoms with van der Waals surface area (Å²) in [5, 5.41) is 3.68. The van der Waals surface area contributed by atoms with E-state index >= 15 is 0 Å². The lowest BCUT2D eigenvalue weighted by molar-refractivity contribution is 0.0952. The Kier molecular flexibility index (Phi) is 8.21. The molecule has 6 heteroatoms. The monoisotopic (exact) mass is 475 g/mol. The van der Waals surface area contributed by atoms with E-state index in [0.717, 1.165) is 66.0 Å². The van der Waals surface area contributed by atoms with Crippen molar-refractivity contribution in [2.45, 2.75) is 39.2 Å². The number of unbranched alkanes of at least 4 members (excludes halogenated alkanes) is 1. The zero-order valence-electron chi connectivity index (χ0n) is 19.5. The number of nitrogens with zero attached hydrogens (tertiary/aromatic N) is 2. The lowest BCUT2D eigenvalue weighted by Crippen LogP contribution is -2.25. The number of para-hydroxylation sites is 3. The minimum absolute atomic E-state index is 0.0230. The molecule has 1 heterocycles. The van der Waals surface area contributed by atoms with Crippen LogP contribution in [0.4, 0.5) is 0 Å². The smallest absolute Gasteiger partial charge is 0.251 e. The molecule has 0 aliphatic heterocycles. The molecule has 1 N–H and O–H groups in total. The highest BCUT2D eigenvalue weighted by molar-refractivity contribution is 6.32. The summed E-state index contributed by atoms with van der Waals surface area (Å²) >= 11 is 6.16. The zero-order chi connectivity index (χ0) is 23.8. The molecule has 0 saturated heterocycles. The standard InChI is InChI=1S/C28H30ClN3O2/c1-21-11-2-3-12-22(21)28(33)30-18-10-17-27-31-24-14-5-6-15-25(24)32(27)19-8-9-20-34-26-16-7-4-13-23(26)29/h2-7,11-16H,8-10,17-20H2,1H3,(H,30,33). The molecule has 0 aliphatic carbocycles. The van der Waals surface area contributed by atoms with Crippen LogP contribution in [0.3, 0.4) is 0 Å². The molecule has 34 heavy (non-hydrogen) atoms. The molecule has 4 aromatic rings. The first-order valence-electron chi connectivity index (χ1n) is 11.8. The molecule has 1 aromatic heterocycles. The Labute approximate surface area is 205 Å². The molecule has 4 rings (SSSR count). The van der Waals surface area contributed by atoms with Crippen LogP contribution in [0.25, 0.3) is 11.0 Å².